The molecule has 0 saturated heterocycles. The molecular formula is C22H17BrN6O3. The number of guanidine groups is 1. The van der Waals surface area contributed by atoms with Gasteiger partial charge in [0.1, 0.15) is 17.8 Å². The predicted octanol–water partition coefficient (Wildman–Crippen LogP) is 4.60. The SMILES string of the molecule is CC1=C(C(=O)Nc2ccon2)C(c2ccccc2Br)N=C(Nc2nc3ccccc3o2)N1. The molecule has 10 heteroatoms. The number of carbonyl (C=O) groups excluding carboxylic acids is 1. The summed E-state index contributed by atoms with van der Waals surface area (Å²) in [4.78, 5) is 22.3. The Kier molecular flexibility index (Phi) is 5.20. The highest BCUT2D eigenvalue weighted by Crippen LogP contribution is 2.35. The molecule has 1 aliphatic heterocycles. The molecule has 0 saturated carbocycles. The Bertz CT molecular complexity index is 1330. The summed E-state index contributed by atoms with van der Waals surface area (Å²) >= 11 is 3.58. The van der Waals surface area contributed by atoms with E-state index < -0.39 is 6.04 Å². The number of hydrogen-bond donors (Lipinski definition) is 3. The molecule has 32 heavy (non-hydrogen) atoms. The Morgan fingerprint density at radius 1 is 1.12 bits per heavy atom. The Hall–Kier alpha value is -3.92. The molecule has 1 amide bonds. The second kappa shape index (κ2) is 8.31. The molecule has 9 nitrogen and oxygen atoms in total. The molecule has 3 N–H and O–H groups in total. The van der Waals surface area contributed by atoms with Crippen LogP contribution in [0.4, 0.5) is 11.8 Å². The van der Waals surface area contributed by atoms with E-state index in [0.29, 0.717) is 34.6 Å². The fourth-order valence-corrected chi connectivity index (χ4v) is 3.95. The number of aliphatic imine (C=N–C) groups is 1. The zero-order valence-electron chi connectivity index (χ0n) is 16.8. The summed E-state index contributed by atoms with van der Waals surface area (Å²) in [7, 11) is 0. The molecule has 0 aliphatic carbocycles. The predicted molar refractivity (Wildman–Crippen MR) is 123 cm³/mol. The zero-order valence-corrected chi connectivity index (χ0v) is 18.4. The third-order valence-electron chi connectivity index (χ3n) is 4.88. The van der Waals surface area contributed by atoms with Gasteiger partial charge in [-0.05, 0) is 30.7 Å². The van der Waals surface area contributed by atoms with Gasteiger partial charge in [-0.3, -0.25) is 10.1 Å². The molecule has 2 aromatic heterocycles. The minimum atomic E-state index is -0.592. The van der Waals surface area contributed by atoms with Crippen molar-refractivity contribution in [2.45, 2.75) is 13.0 Å². The van der Waals surface area contributed by atoms with Crippen molar-refractivity contribution in [3.63, 3.8) is 0 Å². The van der Waals surface area contributed by atoms with Gasteiger partial charge in [0.25, 0.3) is 5.91 Å². The number of para-hydroxylation sites is 2. The number of nitrogens with one attached hydrogen (secondary N) is 3. The maximum Gasteiger partial charge on any atom is 0.302 e. The minimum Gasteiger partial charge on any atom is -0.423 e. The average Bonchev–Trinajstić information content (AvgIpc) is 3.42. The van der Waals surface area contributed by atoms with Crippen LogP contribution in [0.3, 0.4) is 0 Å². The number of allylic oxidation sites excluding steroid dienone is 1. The van der Waals surface area contributed by atoms with E-state index in [-0.39, 0.29) is 5.91 Å². The van der Waals surface area contributed by atoms with Gasteiger partial charge in [0.05, 0.1) is 5.57 Å². The van der Waals surface area contributed by atoms with Gasteiger partial charge in [-0.25, -0.2) is 4.99 Å². The standard InChI is InChI=1S/C22H17BrN6O3/c1-12-18(20(30)26-17-10-11-31-29-17)19(13-6-2-3-7-14(13)23)27-21(24-12)28-22-25-15-8-4-5-9-16(15)32-22/h2-11,19H,1H3,(H,26,29,30)(H2,24,25,27,28). The highest BCUT2D eigenvalue weighted by Gasteiger charge is 2.31. The first-order valence-electron chi connectivity index (χ1n) is 9.73. The van der Waals surface area contributed by atoms with Crippen molar-refractivity contribution in [1.82, 2.24) is 15.5 Å². The number of halogens is 1. The largest absolute Gasteiger partial charge is 0.423 e. The van der Waals surface area contributed by atoms with Gasteiger partial charge in [0.2, 0.25) is 5.96 Å². The monoisotopic (exact) mass is 492 g/mol. The Morgan fingerprint density at radius 2 is 1.94 bits per heavy atom. The number of amides is 1. The second-order valence-corrected chi connectivity index (χ2v) is 7.87. The minimum absolute atomic E-state index is 0.298. The molecule has 160 valence electrons. The van der Waals surface area contributed by atoms with Crippen LogP contribution in [-0.4, -0.2) is 22.0 Å². The number of hydrogen-bond acceptors (Lipinski definition) is 8. The number of aromatic nitrogens is 2. The number of oxazole rings is 1. The van der Waals surface area contributed by atoms with Crippen molar-refractivity contribution in [3.8, 4) is 0 Å². The summed E-state index contributed by atoms with van der Waals surface area (Å²) in [5.74, 6) is 0.391. The average molecular weight is 493 g/mol. The molecule has 4 aromatic rings. The highest BCUT2D eigenvalue weighted by atomic mass is 79.9. The molecule has 1 atom stereocenters. The number of fused-ring (bicyclic) bond motifs is 1. The van der Waals surface area contributed by atoms with Crippen molar-refractivity contribution in [2.75, 3.05) is 10.6 Å². The smallest absolute Gasteiger partial charge is 0.302 e. The van der Waals surface area contributed by atoms with Crippen LogP contribution >= 0.6 is 15.9 Å². The topological polar surface area (TPSA) is 118 Å². The third kappa shape index (κ3) is 3.87. The first kappa shape index (κ1) is 20.0. The highest BCUT2D eigenvalue weighted by molar-refractivity contribution is 9.10. The number of nitrogens with zero attached hydrogens (tertiary/aromatic N) is 3. The molecule has 3 heterocycles. The lowest BCUT2D eigenvalue weighted by atomic mass is 9.95. The van der Waals surface area contributed by atoms with Gasteiger partial charge in [0.15, 0.2) is 11.4 Å². The van der Waals surface area contributed by atoms with E-state index >= 15 is 0 Å². The van der Waals surface area contributed by atoms with Crippen LogP contribution in [-0.2, 0) is 4.79 Å². The lowest BCUT2D eigenvalue weighted by Crippen LogP contribution is -2.37. The zero-order chi connectivity index (χ0) is 22.1. The van der Waals surface area contributed by atoms with Crippen LogP contribution in [0.1, 0.15) is 18.5 Å². The molecule has 0 spiro atoms. The normalized spacial score (nSPS) is 15.9. The van der Waals surface area contributed by atoms with Gasteiger partial charge in [-0.1, -0.05) is 51.4 Å². The van der Waals surface area contributed by atoms with Gasteiger partial charge >= 0.3 is 6.01 Å². The fourth-order valence-electron chi connectivity index (χ4n) is 3.44. The van der Waals surface area contributed by atoms with Crippen molar-refractivity contribution in [2.24, 2.45) is 4.99 Å². The number of anilines is 2. The lowest BCUT2D eigenvalue weighted by Gasteiger charge is -2.26. The van der Waals surface area contributed by atoms with Crippen molar-refractivity contribution >= 4 is 50.7 Å². The summed E-state index contributed by atoms with van der Waals surface area (Å²) in [6.45, 7) is 1.81. The molecule has 1 unspecified atom stereocenters. The summed E-state index contributed by atoms with van der Waals surface area (Å²) in [6, 6.07) is 16.4. The third-order valence-corrected chi connectivity index (χ3v) is 5.61. The first-order valence-corrected chi connectivity index (χ1v) is 10.5. The van der Waals surface area contributed by atoms with Crippen molar-refractivity contribution in [3.05, 3.63) is 82.2 Å². The van der Waals surface area contributed by atoms with E-state index in [0.717, 1.165) is 15.6 Å². The van der Waals surface area contributed by atoms with E-state index in [1.165, 1.54) is 6.26 Å². The Balaban J connectivity index is 1.50. The Morgan fingerprint density at radius 3 is 2.72 bits per heavy atom. The quantitative estimate of drug-likeness (QED) is 0.380. The van der Waals surface area contributed by atoms with Crippen LogP contribution in [0.25, 0.3) is 11.1 Å². The van der Waals surface area contributed by atoms with Crippen LogP contribution in [0.2, 0.25) is 0 Å². The maximum atomic E-state index is 13.1. The number of benzene rings is 2. The van der Waals surface area contributed by atoms with Gasteiger partial charge in [-0.2, -0.15) is 4.98 Å². The van der Waals surface area contributed by atoms with E-state index in [4.69, 9.17) is 13.9 Å². The number of rotatable bonds is 4. The summed E-state index contributed by atoms with van der Waals surface area (Å²) in [5, 5.41) is 12.7. The summed E-state index contributed by atoms with van der Waals surface area (Å²) in [5.41, 5.74) is 3.29. The maximum absolute atomic E-state index is 13.1. The van der Waals surface area contributed by atoms with E-state index in [1.54, 1.807) is 6.07 Å². The van der Waals surface area contributed by atoms with E-state index in [1.807, 2.05) is 55.5 Å². The molecule has 5 rings (SSSR count). The molecule has 0 radical (unpaired) electrons. The fraction of sp³-hybridized carbons (Fsp3) is 0.0909. The molecular weight excluding hydrogens is 476 g/mol. The van der Waals surface area contributed by atoms with Crippen molar-refractivity contribution in [1.29, 1.82) is 0 Å². The van der Waals surface area contributed by atoms with Crippen molar-refractivity contribution < 1.29 is 13.7 Å². The van der Waals surface area contributed by atoms with Gasteiger partial charge < -0.3 is 19.6 Å². The van der Waals surface area contributed by atoms with Crippen LogP contribution < -0.4 is 16.0 Å². The molecule has 1 aliphatic rings. The molecule has 0 bridgehead atoms. The number of carbonyl (C=O) groups is 1. The molecule has 0 fully saturated rings. The first-order chi connectivity index (χ1) is 15.6. The van der Waals surface area contributed by atoms with Gasteiger partial charge in [0, 0.05) is 16.2 Å². The Labute approximate surface area is 190 Å². The lowest BCUT2D eigenvalue weighted by molar-refractivity contribution is -0.113. The van der Waals surface area contributed by atoms with E-state index in [2.05, 4.69) is 42.0 Å². The van der Waals surface area contributed by atoms with Crippen LogP contribution in [0.5, 0.6) is 0 Å². The second-order valence-electron chi connectivity index (χ2n) is 7.02. The van der Waals surface area contributed by atoms with E-state index in [9.17, 15) is 4.79 Å². The summed E-state index contributed by atoms with van der Waals surface area (Å²) in [6.07, 6.45) is 1.39. The van der Waals surface area contributed by atoms with Crippen LogP contribution in [0, 0.1) is 0 Å². The summed E-state index contributed by atoms with van der Waals surface area (Å²) < 4.78 is 11.4. The van der Waals surface area contributed by atoms with Crippen LogP contribution in [0.15, 0.2) is 90.5 Å². The van der Waals surface area contributed by atoms with Gasteiger partial charge in [-0.15, -0.1) is 0 Å². The molecule has 2 aromatic carbocycles.